The molecule has 30 heavy (non-hydrogen) atoms. The summed E-state index contributed by atoms with van der Waals surface area (Å²) >= 11 is 0. The average molecular weight is 403 g/mol. The van der Waals surface area contributed by atoms with Gasteiger partial charge in [0.05, 0.1) is 24.1 Å². The third-order valence-corrected chi connectivity index (χ3v) is 4.84. The van der Waals surface area contributed by atoms with Gasteiger partial charge in [0.1, 0.15) is 16.8 Å². The maximum atomic E-state index is 13.1. The van der Waals surface area contributed by atoms with Gasteiger partial charge in [-0.15, -0.1) is 0 Å². The SMILES string of the molecule is COCCNC(=O)c1cc2c(=O)n3ccccc3nc2n(Cc2ccccc2)c1=N. The number of pyridine rings is 2. The van der Waals surface area contributed by atoms with Crippen LogP contribution in [0.3, 0.4) is 0 Å². The van der Waals surface area contributed by atoms with Crippen molar-refractivity contribution in [3.05, 3.63) is 87.8 Å². The zero-order valence-corrected chi connectivity index (χ0v) is 16.5. The molecule has 0 radical (unpaired) electrons. The van der Waals surface area contributed by atoms with Crippen LogP contribution in [-0.2, 0) is 11.3 Å². The lowest BCUT2D eigenvalue weighted by Gasteiger charge is -2.15. The molecular formula is C22H21N5O3. The van der Waals surface area contributed by atoms with Crippen molar-refractivity contribution >= 4 is 22.6 Å². The van der Waals surface area contributed by atoms with Crippen molar-refractivity contribution in [1.82, 2.24) is 19.3 Å². The maximum Gasteiger partial charge on any atom is 0.267 e. The summed E-state index contributed by atoms with van der Waals surface area (Å²) < 4.78 is 8.01. The van der Waals surface area contributed by atoms with E-state index in [2.05, 4.69) is 10.3 Å². The van der Waals surface area contributed by atoms with Crippen LogP contribution in [0.25, 0.3) is 16.7 Å². The lowest BCUT2D eigenvalue weighted by atomic mass is 10.1. The van der Waals surface area contributed by atoms with Gasteiger partial charge in [0.15, 0.2) is 0 Å². The molecule has 4 rings (SSSR count). The molecule has 0 bridgehead atoms. The molecule has 0 saturated heterocycles. The van der Waals surface area contributed by atoms with E-state index in [-0.39, 0.29) is 22.0 Å². The molecule has 0 spiro atoms. The quantitative estimate of drug-likeness (QED) is 0.377. The summed E-state index contributed by atoms with van der Waals surface area (Å²) in [5.74, 6) is -0.432. The first-order valence-corrected chi connectivity index (χ1v) is 9.51. The molecule has 152 valence electrons. The van der Waals surface area contributed by atoms with E-state index in [1.165, 1.54) is 10.5 Å². The van der Waals surface area contributed by atoms with Crippen molar-refractivity contribution in [1.29, 1.82) is 5.41 Å². The van der Waals surface area contributed by atoms with Crippen LogP contribution < -0.4 is 16.4 Å². The maximum absolute atomic E-state index is 13.1. The van der Waals surface area contributed by atoms with E-state index in [1.807, 2.05) is 30.3 Å². The molecule has 0 saturated carbocycles. The minimum Gasteiger partial charge on any atom is -0.383 e. The van der Waals surface area contributed by atoms with Crippen LogP contribution in [0.2, 0.25) is 0 Å². The molecule has 0 atom stereocenters. The number of methoxy groups -OCH3 is 1. The second kappa shape index (κ2) is 8.30. The number of carbonyl (C=O) groups excluding carboxylic acids is 1. The standard InChI is InChI=1S/C22H21N5O3/c1-30-12-10-24-21(28)16-13-17-20(25-18-9-5-6-11-26(18)22(17)29)27(19(16)23)14-15-7-3-2-4-8-15/h2-9,11,13,23H,10,12,14H2,1H3,(H,24,28). The minimum atomic E-state index is -0.432. The van der Waals surface area contributed by atoms with Crippen molar-refractivity contribution in [3.63, 3.8) is 0 Å². The molecule has 0 aliphatic carbocycles. The van der Waals surface area contributed by atoms with Gasteiger partial charge in [-0.2, -0.15) is 0 Å². The van der Waals surface area contributed by atoms with Gasteiger partial charge in [-0.3, -0.25) is 19.4 Å². The van der Waals surface area contributed by atoms with E-state index in [1.54, 1.807) is 36.1 Å². The summed E-state index contributed by atoms with van der Waals surface area (Å²) in [5.41, 5.74) is 1.60. The van der Waals surface area contributed by atoms with E-state index in [0.717, 1.165) is 5.56 Å². The summed E-state index contributed by atoms with van der Waals surface area (Å²) in [6, 6.07) is 16.3. The fraction of sp³-hybridized carbons (Fsp3) is 0.182. The molecule has 1 amide bonds. The Hall–Kier alpha value is -3.78. The topological polar surface area (TPSA) is 101 Å². The van der Waals surface area contributed by atoms with E-state index in [0.29, 0.717) is 31.0 Å². The largest absolute Gasteiger partial charge is 0.383 e. The number of amides is 1. The zero-order chi connectivity index (χ0) is 21.1. The zero-order valence-electron chi connectivity index (χ0n) is 16.5. The van der Waals surface area contributed by atoms with Crippen molar-refractivity contribution in [3.8, 4) is 0 Å². The number of nitrogens with zero attached hydrogens (tertiary/aromatic N) is 3. The second-order valence-electron chi connectivity index (χ2n) is 6.81. The molecule has 3 aromatic heterocycles. The molecular weight excluding hydrogens is 382 g/mol. The Balaban J connectivity index is 1.97. The van der Waals surface area contributed by atoms with Crippen LogP contribution in [0.5, 0.6) is 0 Å². The van der Waals surface area contributed by atoms with Crippen molar-refractivity contribution in [2.45, 2.75) is 6.54 Å². The molecule has 0 unspecified atom stereocenters. The fourth-order valence-electron chi connectivity index (χ4n) is 3.34. The number of aromatic nitrogens is 3. The van der Waals surface area contributed by atoms with Gasteiger partial charge in [-0.1, -0.05) is 36.4 Å². The highest BCUT2D eigenvalue weighted by molar-refractivity contribution is 5.96. The van der Waals surface area contributed by atoms with Crippen LogP contribution in [-0.4, -0.2) is 40.1 Å². The van der Waals surface area contributed by atoms with Gasteiger partial charge in [0.25, 0.3) is 11.5 Å². The number of hydrogen-bond donors (Lipinski definition) is 2. The molecule has 2 N–H and O–H groups in total. The number of ether oxygens (including phenoxy) is 1. The number of hydrogen-bond acceptors (Lipinski definition) is 5. The first kappa shape index (κ1) is 19.5. The van der Waals surface area contributed by atoms with Gasteiger partial charge >= 0.3 is 0 Å². The fourth-order valence-corrected chi connectivity index (χ4v) is 3.34. The Morgan fingerprint density at radius 3 is 2.70 bits per heavy atom. The molecule has 8 heteroatoms. The summed E-state index contributed by atoms with van der Waals surface area (Å²) in [7, 11) is 1.55. The van der Waals surface area contributed by atoms with Crippen LogP contribution >= 0.6 is 0 Å². The predicted molar refractivity (Wildman–Crippen MR) is 113 cm³/mol. The van der Waals surface area contributed by atoms with Crippen molar-refractivity contribution < 1.29 is 9.53 Å². The molecule has 8 nitrogen and oxygen atoms in total. The Kier molecular flexibility index (Phi) is 5.40. The Bertz CT molecular complexity index is 1340. The summed E-state index contributed by atoms with van der Waals surface area (Å²) in [4.78, 5) is 30.5. The number of nitrogens with one attached hydrogen (secondary N) is 2. The second-order valence-corrected chi connectivity index (χ2v) is 6.81. The third kappa shape index (κ3) is 3.60. The molecule has 0 aliphatic heterocycles. The Labute approximate surface area is 171 Å². The predicted octanol–water partition coefficient (Wildman–Crippen LogP) is 1.55. The number of rotatable bonds is 6. The highest BCUT2D eigenvalue weighted by atomic mass is 16.5. The lowest BCUT2D eigenvalue weighted by Crippen LogP contribution is -2.36. The van der Waals surface area contributed by atoms with Crippen LogP contribution in [0.15, 0.2) is 65.6 Å². The van der Waals surface area contributed by atoms with Gasteiger partial charge in [-0.05, 0) is 23.8 Å². The third-order valence-electron chi connectivity index (χ3n) is 4.84. The summed E-state index contributed by atoms with van der Waals surface area (Å²) in [6.07, 6.45) is 1.64. The summed E-state index contributed by atoms with van der Waals surface area (Å²) in [6.45, 7) is 0.969. The monoisotopic (exact) mass is 403 g/mol. The van der Waals surface area contributed by atoms with E-state index < -0.39 is 5.91 Å². The van der Waals surface area contributed by atoms with Crippen molar-refractivity contribution in [2.75, 3.05) is 20.3 Å². The lowest BCUT2D eigenvalue weighted by molar-refractivity contribution is 0.0934. The van der Waals surface area contributed by atoms with Gasteiger partial charge in [0.2, 0.25) is 0 Å². The van der Waals surface area contributed by atoms with Crippen LogP contribution in [0.1, 0.15) is 15.9 Å². The van der Waals surface area contributed by atoms with Crippen molar-refractivity contribution in [2.24, 2.45) is 0 Å². The Morgan fingerprint density at radius 1 is 1.17 bits per heavy atom. The number of benzene rings is 1. The average Bonchev–Trinajstić information content (AvgIpc) is 2.77. The molecule has 3 heterocycles. The van der Waals surface area contributed by atoms with Crippen LogP contribution in [0, 0.1) is 5.41 Å². The highest BCUT2D eigenvalue weighted by Crippen LogP contribution is 2.12. The van der Waals surface area contributed by atoms with Gasteiger partial charge in [-0.25, -0.2) is 4.98 Å². The molecule has 0 aliphatic rings. The summed E-state index contributed by atoms with van der Waals surface area (Å²) in [5, 5.41) is 11.7. The molecule has 4 aromatic rings. The van der Waals surface area contributed by atoms with E-state index >= 15 is 0 Å². The first-order valence-electron chi connectivity index (χ1n) is 9.51. The minimum absolute atomic E-state index is 0.00606. The van der Waals surface area contributed by atoms with E-state index in [4.69, 9.17) is 10.1 Å². The number of carbonyl (C=O) groups is 1. The number of fused-ring (bicyclic) bond motifs is 2. The molecule has 1 aromatic carbocycles. The van der Waals surface area contributed by atoms with Crippen LogP contribution in [0.4, 0.5) is 0 Å². The van der Waals surface area contributed by atoms with Gasteiger partial charge in [0, 0.05) is 19.9 Å². The van der Waals surface area contributed by atoms with E-state index in [9.17, 15) is 9.59 Å². The highest BCUT2D eigenvalue weighted by Gasteiger charge is 2.17. The normalized spacial score (nSPS) is 11.1. The van der Waals surface area contributed by atoms with Gasteiger partial charge < -0.3 is 14.6 Å². The smallest absolute Gasteiger partial charge is 0.267 e. The first-order chi connectivity index (χ1) is 14.6. The molecule has 0 fully saturated rings. The Morgan fingerprint density at radius 2 is 1.93 bits per heavy atom.